The predicted molar refractivity (Wildman–Crippen MR) is 149 cm³/mol. The van der Waals surface area contributed by atoms with Gasteiger partial charge in [-0.2, -0.15) is 0 Å². The van der Waals surface area contributed by atoms with E-state index in [2.05, 4.69) is 14.6 Å². The van der Waals surface area contributed by atoms with Crippen LogP contribution in [0.1, 0.15) is 29.0 Å². The topological polar surface area (TPSA) is 94.9 Å². The van der Waals surface area contributed by atoms with E-state index < -0.39 is 15.6 Å². The normalized spacial score (nSPS) is 20.2. The first-order valence-electron chi connectivity index (χ1n) is 12.4. The second-order valence-corrected chi connectivity index (χ2v) is 12.0. The van der Waals surface area contributed by atoms with Crippen LogP contribution in [0.3, 0.4) is 0 Å². The van der Waals surface area contributed by atoms with Crippen molar-refractivity contribution in [3.05, 3.63) is 94.5 Å². The Morgan fingerprint density at radius 1 is 1.11 bits per heavy atom. The second kappa shape index (κ2) is 11.1. The standard InChI is InChI=1S/C28H30N4O3S2/c33-25-10-7-22(8-11-25)6-9-24-12-13-28(31-24,27-29-15-19-36-27)21-23-4-3-5-26(20-23)37(34,35)30-14-18-32-16-1-2-17-32/h3-13,15,19-20,30,33H,1-2,14,16-18,21H2. The molecule has 2 aromatic carbocycles. The molecule has 0 radical (unpaired) electrons. The number of aromatic hydroxyl groups is 1. The summed E-state index contributed by atoms with van der Waals surface area (Å²) >= 11 is 1.53. The van der Waals surface area contributed by atoms with Gasteiger partial charge in [-0.1, -0.05) is 30.3 Å². The van der Waals surface area contributed by atoms with Crippen molar-refractivity contribution in [3.63, 3.8) is 0 Å². The summed E-state index contributed by atoms with van der Waals surface area (Å²) < 4.78 is 28.7. The van der Waals surface area contributed by atoms with E-state index in [1.807, 2.05) is 47.9 Å². The van der Waals surface area contributed by atoms with E-state index in [9.17, 15) is 13.5 Å². The number of phenols is 1. The van der Waals surface area contributed by atoms with Gasteiger partial charge >= 0.3 is 0 Å². The Morgan fingerprint density at radius 2 is 1.92 bits per heavy atom. The maximum Gasteiger partial charge on any atom is 0.240 e. The highest BCUT2D eigenvalue weighted by molar-refractivity contribution is 7.89. The average molecular weight is 535 g/mol. The number of sulfonamides is 1. The minimum atomic E-state index is -3.61. The minimum Gasteiger partial charge on any atom is -0.508 e. The molecule has 192 valence electrons. The zero-order valence-corrected chi connectivity index (χ0v) is 22.1. The molecule has 1 atom stereocenters. The third-order valence-corrected chi connectivity index (χ3v) is 9.00. The number of hydrogen-bond donors (Lipinski definition) is 2. The molecular formula is C28H30N4O3S2. The lowest BCUT2D eigenvalue weighted by Crippen LogP contribution is -2.33. The third-order valence-electron chi connectivity index (χ3n) is 6.60. The van der Waals surface area contributed by atoms with Crippen molar-refractivity contribution in [1.29, 1.82) is 0 Å². The number of benzene rings is 2. The fourth-order valence-electron chi connectivity index (χ4n) is 4.68. The molecule has 1 unspecified atom stereocenters. The van der Waals surface area contributed by atoms with E-state index in [1.54, 1.807) is 36.5 Å². The van der Waals surface area contributed by atoms with Crippen LogP contribution in [0, 0.1) is 0 Å². The Balaban J connectivity index is 1.34. The van der Waals surface area contributed by atoms with E-state index in [4.69, 9.17) is 4.99 Å². The molecule has 0 saturated carbocycles. The lowest BCUT2D eigenvalue weighted by Gasteiger charge is -2.22. The van der Waals surface area contributed by atoms with Crippen LogP contribution in [-0.2, 0) is 22.0 Å². The molecule has 2 aliphatic heterocycles. The van der Waals surface area contributed by atoms with Crippen LogP contribution in [-0.4, -0.2) is 55.3 Å². The summed E-state index contributed by atoms with van der Waals surface area (Å²) in [4.78, 5) is 12.1. The number of allylic oxidation sites excluding steroid dienone is 2. The van der Waals surface area contributed by atoms with Crippen molar-refractivity contribution in [2.45, 2.75) is 29.7 Å². The van der Waals surface area contributed by atoms with Crippen LogP contribution in [0.4, 0.5) is 0 Å². The number of thiazole rings is 1. The number of nitrogens with zero attached hydrogens (tertiary/aromatic N) is 3. The lowest BCUT2D eigenvalue weighted by atomic mass is 9.92. The molecule has 2 aliphatic rings. The van der Waals surface area contributed by atoms with Gasteiger partial charge in [-0.25, -0.2) is 18.1 Å². The van der Waals surface area contributed by atoms with Gasteiger partial charge in [0, 0.05) is 31.1 Å². The summed E-state index contributed by atoms with van der Waals surface area (Å²) in [6, 6.07) is 14.1. The highest BCUT2D eigenvalue weighted by Crippen LogP contribution is 2.37. The largest absolute Gasteiger partial charge is 0.508 e. The Labute approximate surface area is 222 Å². The average Bonchev–Trinajstić information content (AvgIpc) is 3.67. The van der Waals surface area contributed by atoms with Gasteiger partial charge in [-0.15, -0.1) is 11.3 Å². The summed E-state index contributed by atoms with van der Waals surface area (Å²) in [5, 5.41) is 12.3. The summed E-state index contributed by atoms with van der Waals surface area (Å²) in [5.74, 6) is 0.226. The molecule has 0 bridgehead atoms. The summed E-state index contributed by atoms with van der Waals surface area (Å²) in [6.07, 6.45) is 12.5. The molecule has 1 fully saturated rings. The summed E-state index contributed by atoms with van der Waals surface area (Å²) in [5.41, 5.74) is 1.93. The number of rotatable bonds is 10. The van der Waals surface area contributed by atoms with Crippen molar-refractivity contribution in [2.75, 3.05) is 26.2 Å². The van der Waals surface area contributed by atoms with Gasteiger partial charge in [-0.3, -0.25) is 4.99 Å². The van der Waals surface area contributed by atoms with E-state index in [0.29, 0.717) is 13.0 Å². The zero-order valence-electron chi connectivity index (χ0n) is 20.5. The van der Waals surface area contributed by atoms with E-state index in [-0.39, 0.29) is 10.6 Å². The third kappa shape index (κ3) is 6.24. The number of likely N-dealkylation sites (tertiary alicyclic amines) is 1. The van der Waals surface area contributed by atoms with Crippen LogP contribution >= 0.6 is 11.3 Å². The molecule has 1 saturated heterocycles. The van der Waals surface area contributed by atoms with E-state index in [0.717, 1.165) is 41.5 Å². The molecule has 1 aromatic heterocycles. The molecule has 3 heterocycles. The van der Waals surface area contributed by atoms with Crippen molar-refractivity contribution < 1.29 is 13.5 Å². The first kappa shape index (κ1) is 25.5. The Hall–Kier alpha value is -3.11. The molecule has 0 spiro atoms. The van der Waals surface area contributed by atoms with Crippen molar-refractivity contribution >= 4 is 33.1 Å². The Kier molecular flexibility index (Phi) is 7.66. The maximum atomic E-state index is 13.0. The van der Waals surface area contributed by atoms with E-state index >= 15 is 0 Å². The molecule has 3 aromatic rings. The molecule has 37 heavy (non-hydrogen) atoms. The van der Waals surface area contributed by atoms with Crippen LogP contribution in [0.5, 0.6) is 5.75 Å². The van der Waals surface area contributed by atoms with Gasteiger partial charge in [-0.05, 0) is 79.6 Å². The van der Waals surface area contributed by atoms with Gasteiger partial charge in [0.25, 0.3) is 0 Å². The molecule has 0 aliphatic carbocycles. The maximum absolute atomic E-state index is 13.0. The SMILES string of the molecule is O=S(=O)(NCCN1CCCC1)c1cccc(CC2(c3nccs3)C=CC(C=Cc3ccc(O)cc3)=N2)c1. The number of hydrogen-bond acceptors (Lipinski definition) is 7. The summed E-state index contributed by atoms with van der Waals surface area (Å²) in [6.45, 7) is 3.21. The van der Waals surface area contributed by atoms with Gasteiger partial charge in [0.15, 0.2) is 0 Å². The Bertz CT molecular complexity index is 1410. The predicted octanol–water partition coefficient (Wildman–Crippen LogP) is 4.39. The quantitative estimate of drug-likeness (QED) is 0.402. The minimum absolute atomic E-state index is 0.226. The fourth-order valence-corrected chi connectivity index (χ4v) is 6.53. The smallest absolute Gasteiger partial charge is 0.240 e. The summed E-state index contributed by atoms with van der Waals surface area (Å²) in [7, 11) is -3.61. The monoisotopic (exact) mass is 534 g/mol. The van der Waals surface area contributed by atoms with Crippen molar-refractivity contribution in [2.24, 2.45) is 4.99 Å². The van der Waals surface area contributed by atoms with Crippen molar-refractivity contribution in [3.8, 4) is 5.75 Å². The first-order chi connectivity index (χ1) is 17.9. The van der Waals surface area contributed by atoms with Crippen LogP contribution in [0.2, 0.25) is 0 Å². The number of aliphatic imine (C=N–C) groups is 1. The van der Waals surface area contributed by atoms with Crippen LogP contribution in [0.25, 0.3) is 6.08 Å². The number of nitrogens with one attached hydrogen (secondary N) is 1. The molecular weight excluding hydrogens is 504 g/mol. The highest BCUT2D eigenvalue weighted by Gasteiger charge is 2.35. The van der Waals surface area contributed by atoms with Gasteiger partial charge in [0.05, 0.1) is 10.6 Å². The number of aromatic nitrogens is 1. The van der Waals surface area contributed by atoms with Crippen LogP contribution in [0.15, 0.2) is 88.2 Å². The van der Waals surface area contributed by atoms with Gasteiger partial charge in [0.1, 0.15) is 16.3 Å². The van der Waals surface area contributed by atoms with Gasteiger partial charge < -0.3 is 10.0 Å². The molecule has 2 N–H and O–H groups in total. The zero-order chi connectivity index (χ0) is 25.7. The molecule has 7 nitrogen and oxygen atoms in total. The number of phenolic OH excluding ortho intramolecular Hbond substituents is 1. The van der Waals surface area contributed by atoms with E-state index in [1.165, 1.54) is 24.2 Å². The second-order valence-electron chi connectivity index (χ2n) is 9.33. The molecule has 5 rings (SSSR count). The molecule has 0 amide bonds. The molecule has 9 heteroatoms. The Morgan fingerprint density at radius 3 is 2.68 bits per heavy atom. The van der Waals surface area contributed by atoms with Crippen molar-refractivity contribution in [1.82, 2.24) is 14.6 Å². The highest BCUT2D eigenvalue weighted by atomic mass is 32.2. The van der Waals surface area contributed by atoms with Gasteiger partial charge in [0.2, 0.25) is 10.0 Å². The first-order valence-corrected chi connectivity index (χ1v) is 14.8. The van der Waals surface area contributed by atoms with Crippen LogP contribution < -0.4 is 4.72 Å². The lowest BCUT2D eigenvalue weighted by molar-refractivity contribution is 0.344. The fraction of sp³-hybridized carbons (Fsp3) is 0.286.